The molecule has 0 unspecified atom stereocenters. The number of hydrogen-bond acceptors (Lipinski definition) is 6. The summed E-state index contributed by atoms with van der Waals surface area (Å²) in [4.78, 5) is 36.2. The summed E-state index contributed by atoms with van der Waals surface area (Å²) in [5.41, 5.74) is 1.43. The number of allylic oxidation sites excluding steroid dienone is 1. The summed E-state index contributed by atoms with van der Waals surface area (Å²) in [6.45, 7) is -0.629. The fourth-order valence-corrected chi connectivity index (χ4v) is 3.26. The second kappa shape index (κ2) is 6.79. The Bertz CT molecular complexity index is 755. The summed E-state index contributed by atoms with van der Waals surface area (Å²) in [6.07, 6.45) is 1.75. The van der Waals surface area contributed by atoms with Gasteiger partial charge in [-0.05, 0) is 17.3 Å². The number of carbonyl (C=O) groups is 3. The average Bonchev–Trinajstić information content (AvgIpc) is 3.18. The molecule has 2 aliphatic heterocycles. The predicted molar refractivity (Wildman–Crippen MR) is 84.6 cm³/mol. The highest BCUT2D eigenvalue weighted by Gasteiger charge is 2.39. The third kappa shape index (κ3) is 3.28. The van der Waals surface area contributed by atoms with E-state index in [0.29, 0.717) is 34.4 Å². The number of benzene rings is 1. The van der Waals surface area contributed by atoms with Gasteiger partial charge < -0.3 is 14.6 Å². The summed E-state index contributed by atoms with van der Waals surface area (Å²) in [6, 6.07) is 9.38. The topological polar surface area (TPSA) is 93.1 Å². The number of carboxylic acids is 1. The van der Waals surface area contributed by atoms with E-state index >= 15 is 0 Å². The van der Waals surface area contributed by atoms with Crippen molar-refractivity contribution in [3.8, 4) is 0 Å². The van der Waals surface area contributed by atoms with E-state index < -0.39 is 23.7 Å². The average molecular weight is 347 g/mol. The Morgan fingerprint density at radius 3 is 2.62 bits per heavy atom. The van der Waals surface area contributed by atoms with Gasteiger partial charge in [0.2, 0.25) is 6.79 Å². The van der Waals surface area contributed by atoms with Gasteiger partial charge in [0, 0.05) is 12.0 Å². The van der Waals surface area contributed by atoms with Crippen molar-refractivity contribution in [3.63, 3.8) is 0 Å². The Hall–Kier alpha value is -2.74. The first-order valence-corrected chi connectivity index (χ1v) is 7.85. The van der Waals surface area contributed by atoms with Crippen LogP contribution in [0.4, 0.5) is 4.79 Å². The quantitative estimate of drug-likeness (QED) is 0.815. The minimum absolute atomic E-state index is 0.0343. The molecule has 24 heavy (non-hydrogen) atoms. The van der Waals surface area contributed by atoms with Crippen molar-refractivity contribution in [3.05, 3.63) is 58.4 Å². The summed E-state index contributed by atoms with van der Waals surface area (Å²) >= 11 is 0.715. The van der Waals surface area contributed by atoms with Crippen LogP contribution in [0.2, 0.25) is 0 Å². The molecule has 124 valence electrons. The molecule has 0 spiro atoms. The molecular formula is C16H13NO6S. The lowest BCUT2D eigenvalue weighted by Crippen LogP contribution is -2.33. The van der Waals surface area contributed by atoms with E-state index in [-0.39, 0.29) is 11.7 Å². The largest absolute Gasteiger partial charge is 0.480 e. The Morgan fingerprint density at radius 1 is 1.25 bits per heavy atom. The Morgan fingerprint density at radius 2 is 2.00 bits per heavy atom. The zero-order valence-corrected chi connectivity index (χ0v) is 13.2. The summed E-state index contributed by atoms with van der Waals surface area (Å²) in [5, 5.41) is 8.24. The minimum Gasteiger partial charge on any atom is -0.480 e. The molecule has 1 N–H and O–H groups in total. The van der Waals surface area contributed by atoms with Gasteiger partial charge in [-0.2, -0.15) is 0 Å². The SMILES string of the molecule is O=C(O)CN1C(=O)SC(=C(Cc2ccccc2)C2=COCO2)C1=O. The number of carboxylic acid groups (broad SMARTS) is 1. The van der Waals surface area contributed by atoms with Crippen molar-refractivity contribution in [2.75, 3.05) is 13.3 Å². The Labute approximate surface area is 141 Å². The van der Waals surface area contributed by atoms with Crippen molar-refractivity contribution >= 4 is 28.9 Å². The van der Waals surface area contributed by atoms with Crippen LogP contribution in [-0.2, 0) is 25.5 Å². The lowest BCUT2D eigenvalue weighted by Gasteiger charge is -2.11. The molecule has 0 aromatic heterocycles. The predicted octanol–water partition coefficient (Wildman–Crippen LogP) is 2.11. The number of nitrogens with zero attached hydrogens (tertiary/aromatic N) is 1. The summed E-state index contributed by atoms with van der Waals surface area (Å²) in [7, 11) is 0. The van der Waals surface area contributed by atoms with E-state index in [0.717, 1.165) is 5.56 Å². The minimum atomic E-state index is -1.25. The molecule has 7 nitrogen and oxygen atoms in total. The smallest absolute Gasteiger partial charge is 0.323 e. The normalized spacial score (nSPS) is 19.0. The first-order chi connectivity index (χ1) is 11.6. The van der Waals surface area contributed by atoms with E-state index in [4.69, 9.17) is 14.6 Å². The van der Waals surface area contributed by atoms with Crippen molar-refractivity contribution < 1.29 is 29.0 Å². The molecular weight excluding hydrogens is 334 g/mol. The third-order valence-electron chi connectivity index (χ3n) is 3.41. The lowest BCUT2D eigenvalue weighted by atomic mass is 10.0. The van der Waals surface area contributed by atoms with Crippen LogP contribution in [0.3, 0.4) is 0 Å². The van der Waals surface area contributed by atoms with Crippen LogP contribution in [0.1, 0.15) is 5.56 Å². The fraction of sp³-hybridized carbons (Fsp3) is 0.188. The van der Waals surface area contributed by atoms with Gasteiger partial charge in [-0.25, -0.2) is 0 Å². The van der Waals surface area contributed by atoms with E-state index in [1.165, 1.54) is 6.26 Å². The maximum atomic E-state index is 12.5. The summed E-state index contributed by atoms with van der Waals surface area (Å²) < 4.78 is 10.4. The monoisotopic (exact) mass is 347 g/mol. The number of imide groups is 1. The molecule has 8 heteroatoms. The van der Waals surface area contributed by atoms with Gasteiger partial charge in [0.05, 0.1) is 4.91 Å². The second-order valence-electron chi connectivity index (χ2n) is 5.03. The number of amides is 2. The van der Waals surface area contributed by atoms with Gasteiger partial charge in [-0.15, -0.1) is 0 Å². The highest BCUT2D eigenvalue weighted by atomic mass is 32.2. The number of thioether (sulfide) groups is 1. The van der Waals surface area contributed by atoms with Gasteiger partial charge >= 0.3 is 5.97 Å². The van der Waals surface area contributed by atoms with Crippen LogP contribution in [0, 0.1) is 0 Å². The van der Waals surface area contributed by atoms with E-state index in [9.17, 15) is 14.4 Å². The van der Waals surface area contributed by atoms with Gasteiger partial charge in [-0.3, -0.25) is 19.3 Å². The first-order valence-electron chi connectivity index (χ1n) is 7.03. The molecule has 1 aromatic carbocycles. The molecule has 3 rings (SSSR count). The standard InChI is InChI=1S/C16H13NO6S/c18-13(19)7-17-15(20)14(24-16(17)21)11(12-8-22-9-23-12)6-10-4-2-1-3-5-10/h1-5,8H,6-7,9H2,(H,18,19). The first kappa shape index (κ1) is 16.1. The number of aliphatic carboxylic acids is 1. The number of hydrogen-bond donors (Lipinski definition) is 1. The summed E-state index contributed by atoms with van der Waals surface area (Å²) in [5.74, 6) is -1.50. The maximum absolute atomic E-state index is 12.5. The van der Waals surface area contributed by atoms with Crippen LogP contribution >= 0.6 is 11.8 Å². The lowest BCUT2D eigenvalue weighted by molar-refractivity contribution is -0.140. The molecule has 0 radical (unpaired) electrons. The molecule has 0 bridgehead atoms. The van der Waals surface area contributed by atoms with Gasteiger partial charge in [-0.1, -0.05) is 30.3 Å². The Kier molecular flexibility index (Phi) is 4.57. The fourth-order valence-electron chi connectivity index (χ4n) is 2.33. The van der Waals surface area contributed by atoms with Crippen LogP contribution in [0.25, 0.3) is 0 Å². The molecule has 2 amide bonds. The highest BCUT2D eigenvalue weighted by molar-refractivity contribution is 8.18. The van der Waals surface area contributed by atoms with Gasteiger partial charge in [0.25, 0.3) is 11.1 Å². The molecule has 0 atom stereocenters. The zero-order chi connectivity index (χ0) is 17.1. The highest BCUT2D eigenvalue weighted by Crippen LogP contribution is 2.37. The number of rotatable bonds is 5. The van der Waals surface area contributed by atoms with Crippen molar-refractivity contribution in [1.82, 2.24) is 4.90 Å². The van der Waals surface area contributed by atoms with Crippen LogP contribution in [-0.4, -0.2) is 40.5 Å². The molecule has 2 aliphatic rings. The number of carbonyl (C=O) groups excluding carboxylic acids is 2. The molecule has 0 aliphatic carbocycles. The molecule has 2 heterocycles. The third-order valence-corrected chi connectivity index (χ3v) is 4.43. The van der Waals surface area contributed by atoms with Crippen LogP contribution < -0.4 is 0 Å². The van der Waals surface area contributed by atoms with Crippen LogP contribution in [0.5, 0.6) is 0 Å². The maximum Gasteiger partial charge on any atom is 0.323 e. The molecule has 1 aromatic rings. The Balaban J connectivity index is 1.98. The van der Waals surface area contributed by atoms with E-state index in [2.05, 4.69) is 0 Å². The zero-order valence-electron chi connectivity index (χ0n) is 12.4. The molecule has 1 fully saturated rings. The van der Waals surface area contributed by atoms with Crippen molar-refractivity contribution in [2.45, 2.75) is 6.42 Å². The van der Waals surface area contributed by atoms with Crippen molar-refractivity contribution in [2.24, 2.45) is 0 Å². The van der Waals surface area contributed by atoms with E-state index in [1.807, 2.05) is 30.3 Å². The van der Waals surface area contributed by atoms with E-state index in [1.54, 1.807) is 0 Å². The van der Waals surface area contributed by atoms with Gasteiger partial charge in [0.15, 0.2) is 5.76 Å². The number of ether oxygens (including phenoxy) is 2. The van der Waals surface area contributed by atoms with Crippen molar-refractivity contribution in [1.29, 1.82) is 0 Å². The molecule has 1 saturated heterocycles. The van der Waals surface area contributed by atoms with Crippen LogP contribution in [0.15, 0.2) is 52.8 Å². The molecule has 0 saturated carbocycles. The second-order valence-corrected chi connectivity index (χ2v) is 6.00. The van der Waals surface area contributed by atoms with Gasteiger partial charge in [0.1, 0.15) is 12.8 Å².